The minimum absolute atomic E-state index is 0.145. The van der Waals surface area contributed by atoms with Gasteiger partial charge in [-0.05, 0) is 24.3 Å². The Morgan fingerprint density at radius 2 is 1.89 bits per heavy atom. The van der Waals surface area contributed by atoms with Gasteiger partial charge in [0.05, 0.1) is 5.75 Å². The molecule has 1 aromatic carbocycles. The molecule has 0 spiro atoms. The quantitative estimate of drug-likeness (QED) is 0.818. The van der Waals surface area contributed by atoms with E-state index < -0.39 is 22.5 Å². The number of carbonyl (C=O) groups is 1. The van der Waals surface area contributed by atoms with Gasteiger partial charge in [0.25, 0.3) is 0 Å². The van der Waals surface area contributed by atoms with Crippen molar-refractivity contribution in [2.75, 3.05) is 13.1 Å². The molecule has 1 saturated carbocycles. The van der Waals surface area contributed by atoms with Crippen LogP contribution in [0.3, 0.4) is 0 Å². The second-order valence-corrected chi connectivity index (χ2v) is 6.84. The second kappa shape index (κ2) is 5.71. The summed E-state index contributed by atoms with van der Waals surface area (Å²) in [4.78, 5) is 10.8. The number of hydrogen-bond acceptors (Lipinski definition) is 3. The number of carboxylic acids is 1. The molecule has 0 atom stereocenters. The predicted octanol–water partition coefficient (Wildman–Crippen LogP) is 1.31. The normalized spacial score (nSPS) is 15.6. The van der Waals surface area contributed by atoms with Crippen molar-refractivity contribution in [2.45, 2.75) is 18.6 Å². The SMILES string of the molecule is O=C(O)CN(CC1CC1)S(=O)(=O)Cc1ccccc1. The van der Waals surface area contributed by atoms with Gasteiger partial charge in [-0.2, -0.15) is 4.31 Å². The van der Waals surface area contributed by atoms with E-state index in [1.165, 1.54) is 0 Å². The molecule has 0 amide bonds. The molecule has 1 aromatic rings. The van der Waals surface area contributed by atoms with Crippen molar-refractivity contribution in [1.82, 2.24) is 4.31 Å². The lowest BCUT2D eigenvalue weighted by Crippen LogP contribution is -2.37. The number of sulfonamides is 1. The van der Waals surface area contributed by atoms with Crippen LogP contribution in [0.2, 0.25) is 0 Å². The van der Waals surface area contributed by atoms with Crippen LogP contribution in [-0.4, -0.2) is 36.9 Å². The Morgan fingerprint density at radius 3 is 2.42 bits per heavy atom. The van der Waals surface area contributed by atoms with Crippen molar-refractivity contribution in [3.8, 4) is 0 Å². The lowest BCUT2D eigenvalue weighted by molar-refractivity contribution is -0.137. The molecule has 0 aliphatic heterocycles. The van der Waals surface area contributed by atoms with Crippen molar-refractivity contribution in [3.63, 3.8) is 0 Å². The summed E-state index contributed by atoms with van der Waals surface area (Å²) in [7, 11) is -3.57. The molecule has 0 heterocycles. The van der Waals surface area contributed by atoms with Crippen LogP contribution in [0.5, 0.6) is 0 Å². The Morgan fingerprint density at radius 1 is 1.26 bits per heavy atom. The molecule has 19 heavy (non-hydrogen) atoms. The Labute approximate surface area is 112 Å². The van der Waals surface area contributed by atoms with Crippen LogP contribution in [0.15, 0.2) is 30.3 Å². The first-order valence-electron chi connectivity index (χ1n) is 6.21. The Hall–Kier alpha value is -1.40. The number of hydrogen-bond donors (Lipinski definition) is 1. The second-order valence-electron chi connectivity index (χ2n) is 4.87. The summed E-state index contributed by atoms with van der Waals surface area (Å²) in [6.07, 6.45) is 1.97. The summed E-state index contributed by atoms with van der Waals surface area (Å²) in [6, 6.07) is 8.82. The molecule has 2 rings (SSSR count). The van der Waals surface area contributed by atoms with Crippen molar-refractivity contribution < 1.29 is 18.3 Å². The lowest BCUT2D eigenvalue weighted by Gasteiger charge is -2.20. The average molecular weight is 283 g/mol. The van der Waals surface area contributed by atoms with Gasteiger partial charge in [-0.1, -0.05) is 30.3 Å². The first kappa shape index (κ1) is 14.0. The summed E-state index contributed by atoms with van der Waals surface area (Å²) in [5, 5.41) is 8.84. The van der Waals surface area contributed by atoms with Gasteiger partial charge in [0.1, 0.15) is 6.54 Å². The van der Waals surface area contributed by atoms with Crippen molar-refractivity contribution in [3.05, 3.63) is 35.9 Å². The zero-order valence-corrected chi connectivity index (χ0v) is 11.3. The third-order valence-corrected chi connectivity index (χ3v) is 4.82. The summed E-state index contributed by atoms with van der Waals surface area (Å²) in [6.45, 7) is -0.132. The molecule has 1 aliphatic carbocycles. The molecule has 0 saturated heterocycles. The van der Waals surface area contributed by atoms with E-state index in [9.17, 15) is 13.2 Å². The minimum Gasteiger partial charge on any atom is -0.480 e. The maximum Gasteiger partial charge on any atom is 0.318 e. The van der Waals surface area contributed by atoms with Crippen LogP contribution >= 0.6 is 0 Å². The third kappa shape index (κ3) is 4.33. The number of rotatable bonds is 7. The maximum atomic E-state index is 12.3. The zero-order chi connectivity index (χ0) is 13.9. The topological polar surface area (TPSA) is 74.7 Å². The van der Waals surface area contributed by atoms with Gasteiger partial charge in [-0.15, -0.1) is 0 Å². The third-order valence-electron chi connectivity index (χ3n) is 3.06. The lowest BCUT2D eigenvalue weighted by atomic mass is 10.2. The van der Waals surface area contributed by atoms with E-state index in [4.69, 9.17) is 5.11 Å². The van der Waals surface area contributed by atoms with E-state index in [0.717, 1.165) is 17.1 Å². The van der Waals surface area contributed by atoms with Crippen LogP contribution in [-0.2, 0) is 20.6 Å². The van der Waals surface area contributed by atoms with E-state index in [1.54, 1.807) is 24.3 Å². The predicted molar refractivity (Wildman–Crippen MR) is 71.0 cm³/mol. The minimum atomic E-state index is -3.57. The first-order chi connectivity index (χ1) is 8.97. The molecule has 0 aromatic heterocycles. The average Bonchev–Trinajstić information content (AvgIpc) is 3.12. The maximum absolute atomic E-state index is 12.3. The molecular formula is C13H17NO4S. The van der Waals surface area contributed by atoms with Crippen LogP contribution < -0.4 is 0 Å². The fourth-order valence-electron chi connectivity index (χ4n) is 1.89. The monoisotopic (exact) mass is 283 g/mol. The molecule has 104 valence electrons. The number of nitrogens with zero attached hydrogens (tertiary/aromatic N) is 1. The Balaban J connectivity index is 2.11. The zero-order valence-electron chi connectivity index (χ0n) is 10.5. The van der Waals surface area contributed by atoms with Crippen molar-refractivity contribution in [1.29, 1.82) is 0 Å². The fourth-order valence-corrected chi connectivity index (χ4v) is 3.43. The molecule has 0 radical (unpaired) electrons. The molecule has 5 nitrogen and oxygen atoms in total. The van der Waals surface area contributed by atoms with Crippen LogP contribution in [0, 0.1) is 5.92 Å². The first-order valence-corrected chi connectivity index (χ1v) is 7.82. The molecule has 0 unspecified atom stereocenters. The molecule has 0 bridgehead atoms. The Kier molecular flexibility index (Phi) is 4.21. The van der Waals surface area contributed by atoms with Crippen molar-refractivity contribution >= 4 is 16.0 Å². The number of carboxylic acid groups (broad SMARTS) is 1. The molecule has 1 fully saturated rings. The smallest absolute Gasteiger partial charge is 0.318 e. The summed E-state index contributed by atoms with van der Waals surface area (Å²) < 4.78 is 25.6. The van der Waals surface area contributed by atoms with Gasteiger partial charge in [-0.3, -0.25) is 4.79 Å². The van der Waals surface area contributed by atoms with Crippen LogP contribution in [0.25, 0.3) is 0 Å². The highest BCUT2D eigenvalue weighted by atomic mass is 32.2. The van der Waals surface area contributed by atoms with Gasteiger partial charge < -0.3 is 5.11 Å². The van der Waals surface area contributed by atoms with Gasteiger partial charge >= 0.3 is 5.97 Å². The summed E-state index contributed by atoms with van der Waals surface area (Å²) in [5.41, 5.74) is 0.675. The molecular weight excluding hydrogens is 266 g/mol. The largest absolute Gasteiger partial charge is 0.480 e. The Bertz CT molecular complexity index is 537. The van der Waals surface area contributed by atoms with E-state index in [0.29, 0.717) is 18.0 Å². The van der Waals surface area contributed by atoms with E-state index in [2.05, 4.69) is 0 Å². The van der Waals surface area contributed by atoms with Gasteiger partial charge in [0.2, 0.25) is 10.0 Å². The highest BCUT2D eigenvalue weighted by molar-refractivity contribution is 7.88. The van der Waals surface area contributed by atoms with Gasteiger partial charge in [-0.25, -0.2) is 8.42 Å². The van der Waals surface area contributed by atoms with E-state index >= 15 is 0 Å². The molecule has 1 N–H and O–H groups in total. The molecule has 6 heteroatoms. The molecule has 1 aliphatic rings. The number of benzene rings is 1. The summed E-state index contributed by atoms with van der Waals surface area (Å²) in [5.74, 6) is -0.935. The standard InChI is InChI=1S/C13H17NO4S/c15-13(16)9-14(8-11-6-7-11)19(17,18)10-12-4-2-1-3-5-12/h1-5,11H,6-10H2,(H,15,16). The number of aliphatic carboxylic acids is 1. The summed E-state index contributed by atoms with van der Waals surface area (Å²) >= 11 is 0. The van der Waals surface area contributed by atoms with Crippen molar-refractivity contribution in [2.24, 2.45) is 5.92 Å². The van der Waals surface area contributed by atoms with Gasteiger partial charge in [0.15, 0.2) is 0 Å². The fraction of sp³-hybridized carbons (Fsp3) is 0.462. The van der Waals surface area contributed by atoms with E-state index in [-0.39, 0.29) is 5.75 Å². The highest BCUT2D eigenvalue weighted by Gasteiger charge is 2.31. The van der Waals surface area contributed by atoms with Crippen LogP contribution in [0.1, 0.15) is 18.4 Å². The highest BCUT2D eigenvalue weighted by Crippen LogP contribution is 2.30. The van der Waals surface area contributed by atoms with E-state index in [1.807, 2.05) is 6.07 Å². The van der Waals surface area contributed by atoms with Crippen LogP contribution in [0.4, 0.5) is 0 Å². The van der Waals surface area contributed by atoms with Gasteiger partial charge in [0, 0.05) is 6.54 Å².